The smallest absolute Gasteiger partial charge is 0.260 e. The number of fused-ring (bicyclic) bond motifs is 1. The third kappa shape index (κ3) is 5.54. The monoisotopic (exact) mass is 546 g/mol. The molecule has 0 spiro atoms. The number of carbonyl (C=O) groups excluding carboxylic acids is 3. The van der Waals surface area contributed by atoms with Crippen LogP contribution >= 0.6 is 22.6 Å². The van der Waals surface area contributed by atoms with Gasteiger partial charge < -0.3 is 20.6 Å². The molecule has 2 aromatic carbocycles. The van der Waals surface area contributed by atoms with Gasteiger partial charge in [-0.3, -0.25) is 19.7 Å². The number of rotatable bonds is 7. The van der Waals surface area contributed by atoms with Crippen molar-refractivity contribution < 1.29 is 19.5 Å². The minimum absolute atomic E-state index is 0.0798. The summed E-state index contributed by atoms with van der Waals surface area (Å²) in [5.41, 5.74) is 2.76. The maximum absolute atomic E-state index is 12.3. The van der Waals surface area contributed by atoms with Gasteiger partial charge in [-0.2, -0.15) is 0 Å². The molecule has 0 bridgehead atoms. The first-order valence-corrected chi connectivity index (χ1v) is 10.8. The number of hydrogen-bond donors (Lipinski definition) is 4. The van der Waals surface area contributed by atoms with E-state index in [1.807, 2.05) is 19.0 Å². The molecule has 3 amide bonds. The van der Waals surface area contributed by atoms with Crippen LogP contribution in [-0.2, 0) is 16.1 Å². The van der Waals surface area contributed by atoms with Crippen LogP contribution in [0.2, 0.25) is 0 Å². The molecule has 0 fully saturated rings. The van der Waals surface area contributed by atoms with Gasteiger partial charge in [0.15, 0.2) is 0 Å². The van der Waals surface area contributed by atoms with Gasteiger partial charge in [0.05, 0.1) is 11.3 Å². The Balaban J connectivity index is 1.69. The SMILES string of the molecule is C=C(CN(C)C)C(=O)Nc1ccc(CNC=C2C(=O)NC(=O)c3ccc(I)cc32)cc1O. The minimum atomic E-state index is -0.476. The van der Waals surface area contributed by atoms with Gasteiger partial charge >= 0.3 is 0 Å². The fourth-order valence-electron chi connectivity index (χ4n) is 3.17. The van der Waals surface area contributed by atoms with E-state index in [1.54, 1.807) is 36.5 Å². The van der Waals surface area contributed by atoms with Gasteiger partial charge in [-0.15, -0.1) is 0 Å². The van der Waals surface area contributed by atoms with E-state index in [4.69, 9.17) is 0 Å². The molecular weight excluding hydrogens is 523 g/mol. The van der Waals surface area contributed by atoms with Gasteiger partial charge in [0, 0.05) is 39.6 Å². The fraction of sp³-hybridized carbons (Fsp3) is 0.174. The van der Waals surface area contributed by atoms with Crippen molar-refractivity contribution in [2.75, 3.05) is 26.0 Å². The molecule has 0 aromatic heterocycles. The van der Waals surface area contributed by atoms with Crippen LogP contribution in [-0.4, -0.2) is 48.4 Å². The number of nitrogens with zero attached hydrogens (tertiary/aromatic N) is 1. The number of aromatic hydroxyl groups is 1. The van der Waals surface area contributed by atoms with E-state index in [2.05, 4.69) is 45.1 Å². The Morgan fingerprint density at radius 2 is 1.91 bits per heavy atom. The predicted octanol–water partition coefficient (Wildman–Crippen LogP) is 2.45. The molecule has 3 rings (SSSR count). The summed E-state index contributed by atoms with van der Waals surface area (Å²) in [6.07, 6.45) is 1.55. The van der Waals surface area contributed by atoms with Crippen LogP contribution in [0.5, 0.6) is 5.75 Å². The molecule has 1 aliphatic rings. The fourth-order valence-corrected chi connectivity index (χ4v) is 3.66. The second-order valence-electron chi connectivity index (χ2n) is 7.56. The summed E-state index contributed by atoms with van der Waals surface area (Å²) in [5.74, 6) is -1.34. The summed E-state index contributed by atoms with van der Waals surface area (Å²) >= 11 is 2.13. The van der Waals surface area contributed by atoms with E-state index in [0.717, 1.165) is 9.13 Å². The molecule has 0 radical (unpaired) electrons. The van der Waals surface area contributed by atoms with Gasteiger partial charge in [-0.1, -0.05) is 12.6 Å². The van der Waals surface area contributed by atoms with Crippen molar-refractivity contribution in [3.05, 3.63) is 75.0 Å². The molecular formula is C23H23IN4O4. The molecule has 1 heterocycles. The molecule has 0 saturated heterocycles. The molecule has 2 aromatic rings. The van der Waals surface area contributed by atoms with Gasteiger partial charge in [0.2, 0.25) is 0 Å². The molecule has 1 aliphatic heterocycles. The number of carbonyl (C=O) groups is 3. The third-order valence-corrected chi connectivity index (χ3v) is 5.35. The Bertz CT molecular complexity index is 1140. The quantitative estimate of drug-likeness (QED) is 0.184. The van der Waals surface area contributed by atoms with Crippen LogP contribution in [0.3, 0.4) is 0 Å². The van der Waals surface area contributed by atoms with Crippen LogP contribution in [0.25, 0.3) is 5.57 Å². The average molecular weight is 546 g/mol. The van der Waals surface area contributed by atoms with Crippen LogP contribution in [0.15, 0.2) is 54.8 Å². The first kappa shape index (κ1) is 23.5. The van der Waals surface area contributed by atoms with Crippen LogP contribution in [0.1, 0.15) is 21.5 Å². The van der Waals surface area contributed by atoms with Gasteiger partial charge in [0.1, 0.15) is 5.75 Å². The molecule has 0 saturated carbocycles. The Labute approximate surface area is 199 Å². The lowest BCUT2D eigenvalue weighted by Gasteiger charge is -2.18. The number of phenols is 1. The van der Waals surface area contributed by atoms with Crippen LogP contribution < -0.4 is 16.0 Å². The van der Waals surface area contributed by atoms with Crippen molar-refractivity contribution >= 4 is 51.6 Å². The highest BCUT2D eigenvalue weighted by molar-refractivity contribution is 14.1. The maximum atomic E-state index is 12.3. The number of amides is 3. The number of hydrogen-bond acceptors (Lipinski definition) is 6. The molecule has 0 unspecified atom stereocenters. The zero-order chi connectivity index (χ0) is 23.4. The molecule has 0 aliphatic carbocycles. The molecule has 4 N–H and O–H groups in total. The number of imide groups is 1. The van der Waals surface area contributed by atoms with E-state index in [1.165, 1.54) is 6.07 Å². The van der Waals surface area contributed by atoms with Crippen molar-refractivity contribution in [1.29, 1.82) is 0 Å². The first-order valence-electron chi connectivity index (χ1n) is 9.70. The summed E-state index contributed by atoms with van der Waals surface area (Å²) in [4.78, 5) is 38.4. The number of phenolic OH excluding ortho intramolecular Hbond substituents is 1. The topological polar surface area (TPSA) is 111 Å². The van der Waals surface area contributed by atoms with Gasteiger partial charge in [0.25, 0.3) is 17.7 Å². The van der Waals surface area contributed by atoms with E-state index < -0.39 is 11.8 Å². The maximum Gasteiger partial charge on any atom is 0.260 e. The predicted molar refractivity (Wildman–Crippen MR) is 131 cm³/mol. The zero-order valence-electron chi connectivity index (χ0n) is 17.7. The third-order valence-electron chi connectivity index (χ3n) is 4.68. The normalized spacial score (nSPS) is 14.2. The van der Waals surface area contributed by atoms with Crippen LogP contribution in [0.4, 0.5) is 5.69 Å². The lowest BCUT2D eigenvalue weighted by Crippen LogP contribution is -2.37. The minimum Gasteiger partial charge on any atom is -0.506 e. The lowest BCUT2D eigenvalue weighted by atomic mass is 9.95. The summed E-state index contributed by atoms with van der Waals surface area (Å²) < 4.78 is 0.908. The molecule has 9 heteroatoms. The average Bonchev–Trinajstić information content (AvgIpc) is 2.71. The van der Waals surface area contributed by atoms with Crippen LogP contribution in [0, 0.1) is 3.57 Å². The summed E-state index contributed by atoms with van der Waals surface area (Å²) in [6, 6.07) is 10.1. The summed E-state index contributed by atoms with van der Waals surface area (Å²) in [5, 5.41) is 18.3. The Kier molecular flexibility index (Phi) is 7.31. The highest BCUT2D eigenvalue weighted by atomic mass is 127. The highest BCUT2D eigenvalue weighted by Gasteiger charge is 2.27. The van der Waals surface area contributed by atoms with Gasteiger partial charge in [-0.25, -0.2) is 0 Å². The van der Waals surface area contributed by atoms with Crippen molar-refractivity contribution in [1.82, 2.24) is 15.5 Å². The number of benzene rings is 2. The van der Waals surface area contributed by atoms with E-state index in [0.29, 0.717) is 35.4 Å². The van der Waals surface area contributed by atoms with Crippen molar-refractivity contribution in [2.45, 2.75) is 6.54 Å². The zero-order valence-corrected chi connectivity index (χ0v) is 19.8. The second kappa shape index (κ2) is 9.96. The highest BCUT2D eigenvalue weighted by Crippen LogP contribution is 2.27. The molecule has 166 valence electrons. The van der Waals surface area contributed by atoms with Crippen molar-refractivity contribution in [3.63, 3.8) is 0 Å². The Morgan fingerprint density at radius 1 is 1.16 bits per heavy atom. The molecule has 8 nitrogen and oxygen atoms in total. The Hall–Kier alpha value is -3.18. The van der Waals surface area contributed by atoms with E-state index in [-0.39, 0.29) is 17.3 Å². The summed E-state index contributed by atoms with van der Waals surface area (Å²) in [6.45, 7) is 4.48. The standard InChI is InChI=1S/C23H23IN4O4/c1-13(12-28(2)3)21(30)26-19-7-4-14(8-20(19)29)10-25-11-18-17-9-15(24)5-6-16(17)22(31)27-23(18)32/h4-9,11,25,29H,1,10,12H2,2-3H3,(H,26,30)(H,27,31,32). The number of halogens is 1. The number of anilines is 1. The molecule has 0 atom stereocenters. The summed E-state index contributed by atoms with van der Waals surface area (Å²) in [7, 11) is 3.67. The molecule has 32 heavy (non-hydrogen) atoms. The van der Waals surface area contributed by atoms with E-state index >= 15 is 0 Å². The lowest BCUT2D eigenvalue weighted by molar-refractivity contribution is -0.115. The van der Waals surface area contributed by atoms with E-state index in [9.17, 15) is 19.5 Å². The first-order chi connectivity index (χ1) is 15.2. The van der Waals surface area contributed by atoms with Crippen molar-refractivity contribution in [3.8, 4) is 5.75 Å². The van der Waals surface area contributed by atoms with Crippen molar-refractivity contribution in [2.24, 2.45) is 0 Å². The van der Waals surface area contributed by atoms with Gasteiger partial charge in [-0.05, 0) is 72.6 Å². The largest absolute Gasteiger partial charge is 0.506 e. The number of likely N-dealkylation sites (N-methyl/N-ethyl adjacent to an activating group) is 1. The Morgan fingerprint density at radius 3 is 2.59 bits per heavy atom. The second-order valence-corrected chi connectivity index (χ2v) is 8.80. The number of nitrogens with one attached hydrogen (secondary N) is 3.